The number of aryl methyl sites for hydroxylation is 1. The highest BCUT2D eigenvalue weighted by Gasteiger charge is 2.14. The summed E-state index contributed by atoms with van der Waals surface area (Å²) in [6, 6.07) is 1.86. The molecule has 0 radical (unpaired) electrons. The standard InChI is InChI=1S/C9H9NO2/c1-6-7-2-3-12-9(11)8(4-7)5-10-6/h4-5H,2-3H2,1H3. The zero-order chi connectivity index (χ0) is 8.55. The summed E-state index contributed by atoms with van der Waals surface area (Å²) in [5, 5.41) is 0. The molecule has 0 amide bonds. The smallest absolute Gasteiger partial charge is 0.339 e. The molecule has 0 aromatic carbocycles. The average molecular weight is 163 g/mol. The largest absolute Gasteiger partial charge is 0.462 e. The average Bonchev–Trinajstić information content (AvgIpc) is 2.21. The first-order valence-corrected chi connectivity index (χ1v) is 3.90. The van der Waals surface area contributed by atoms with E-state index >= 15 is 0 Å². The highest BCUT2D eigenvalue weighted by Crippen LogP contribution is 2.13. The van der Waals surface area contributed by atoms with Gasteiger partial charge in [-0.05, 0) is 18.6 Å². The lowest BCUT2D eigenvalue weighted by atomic mass is 10.1. The fourth-order valence-corrected chi connectivity index (χ4v) is 1.28. The second-order valence-corrected chi connectivity index (χ2v) is 2.85. The van der Waals surface area contributed by atoms with Gasteiger partial charge in [0.25, 0.3) is 0 Å². The van der Waals surface area contributed by atoms with E-state index in [1.807, 2.05) is 13.0 Å². The summed E-state index contributed by atoms with van der Waals surface area (Å²) >= 11 is 0. The van der Waals surface area contributed by atoms with E-state index in [4.69, 9.17) is 4.74 Å². The summed E-state index contributed by atoms with van der Waals surface area (Å²) in [7, 11) is 0. The third-order valence-corrected chi connectivity index (χ3v) is 2.03. The van der Waals surface area contributed by atoms with Crippen LogP contribution in [0.25, 0.3) is 0 Å². The fourth-order valence-electron chi connectivity index (χ4n) is 1.28. The molecule has 0 atom stereocenters. The maximum atomic E-state index is 11.1. The monoisotopic (exact) mass is 163 g/mol. The van der Waals surface area contributed by atoms with Crippen molar-refractivity contribution in [1.82, 2.24) is 4.98 Å². The van der Waals surface area contributed by atoms with E-state index in [1.54, 1.807) is 6.20 Å². The maximum absolute atomic E-state index is 11.1. The van der Waals surface area contributed by atoms with Gasteiger partial charge in [0.15, 0.2) is 0 Å². The molecule has 0 N–H and O–H groups in total. The molecule has 1 aliphatic rings. The fraction of sp³-hybridized carbons (Fsp3) is 0.333. The number of carbonyl (C=O) groups is 1. The molecule has 2 heterocycles. The van der Waals surface area contributed by atoms with Crippen LogP contribution in [0, 0.1) is 6.92 Å². The first-order chi connectivity index (χ1) is 5.77. The van der Waals surface area contributed by atoms with Crippen molar-refractivity contribution < 1.29 is 9.53 Å². The number of fused-ring (bicyclic) bond motifs is 2. The van der Waals surface area contributed by atoms with Gasteiger partial charge in [0.2, 0.25) is 0 Å². The number of cyclic esters (lactones) is 1. The highest BCUT2D eigenvalue weighted by molar-refractivity contribution is 5.89. The minimum absolute atomic E-state index is 0.263. The van der Waals surface area contributed by atoms with Crippen LogP contribution in [0.2, 0.25) is 0 Å². The van der Waals surface area contributed by atoms with E-state index in [0.29, 0.717) is 12.2 Å². The Morgan fingerprint density at radius 1 is 1.58 bits per heavy atom. The molecule has 0 spiro atoms. The van der Waals surface area contributed by atoms with Crippen LogP contribution in [0.3, 0.4) is 0 Å². The summed E-state index contributed by atoms with van der Waals surface area (Å²) in [5.41, 5.74) is 2.66. The topological polar surface area (TPSA) is 39.2 Å². The van der Waals surface area contributed by atoms with Crippen molar-refractivity contribution in [2.24, 2.45) is 0 Å². The molecule has 0 saturated heterocycles. The van der Waals surface area contributed by atoms with Crippen LogP contribution in [0.1, 0.15) is 21.6 Å². The maximum Gasteiger partial charge on any atom is 0.339 e. The first kappa shape index (κ1) is 7.28. The van der Waals surface area contributed by atoms with E-state index in [1.165, 1.54) is 0 Å². The molecule has 1 aromatic heterocycles. The highest BCUT2D eigenvalue weighted by atomic mass is 16.5. The van der Waals surface area contributed by atoms with E-state index in [-0.39, 0.29) is 5.97 Å². The molecule has 0 fully saturated rings. The van der Waals surface area contributed by atoms with Crippen molar-refractivity contribution in [3.05, 3.63) is 29.1 Å². The first-order valence-electron chi connectivity index (χ1n) is 3.90. The molecule has 1 aromatic rings. The number of nitrogens with zero attached hydrogens (tertiary/aromatic N) is 1. The van der Waals surface area contributed by atoms with Gasteiger partial charge in [0, 0.05) is 18.3 Å². The van der Waals surface area contributed by atoms with Crippen LogP contribution in [0.5, 0.6) is 0 Å². The Kier molecular flexibility index (Phi) is 1.57. The number of pyridine rings is 1. The van der Waals surface area contributed by atoms with Crippen LogP contribution in [0.15, 0.2) is 12.3 Å². The molecule has 2 bridgehead atoms. The normalized spacial score (nSPS) is 15.2. The van der Waals surface area contributed by atoms with Gasteiger partial charge in [-0.15, -0.1) is 0 Å². The lowest BCUT2D eigenvalue weighted by Crippen LogP contribution is -2.03. The Balaban J connectivity index is 2.54. The van der Waals surface area contributed by atoms with Crippen LogP contribution in [-0.4, -0.2) is 17.6 Å². The predicted octanol–water partition coefficient (Wildman–Crippen LogP) is 1.10. The molecule has 3 nitrogen and oxygen atoms in total. The van der Waals surface area contributed by atoms with E-state index in [0.717, 1.165) is 17.7 Å². The van der Waals surface area contributed by atoms with Crippen molar-refractivity contribution in [3.8, 4) is 0 Å². The van der Waals surface area contributed by atoms with E-state index < -0.39 is 0 Å². The molecular weight excluding hydrogens is 154 g/mol. The van der Waals surface area contributed by atoms with Crippen LogP contribution < -0.4 is 0 Å². The van der Waals surface area contributed by atoms with Gasteiger partial charge < -0.3 is 4.74 Å². The number of carbonyl (C=O) groups excluding carboxylic acids is 1. The molecule has 62 valence electrons. The van der Waals surface area contributed by atoms with Gasteiger partial charge in [-0.3, -0.25) is 4.98 Å². The van der Waals surface area contributed by atoms with Gasteiger partial charge in [-0.25, -0.2) is 4.79 Å². The lowest BCUT2D eigenvalue weighted by Gasteiger charge is -1.98. The van der Waals surface area contributed by atoms with E-state index in [9.17, 15) is 4.79 Å². The number of aromatic nitrogens is 1. The van der Waals surface area contributed by atoms with Crippen molar-refractivity contribution in [2.45, 2.75) is 13.3 Å². The Morgan fingerprint density at radius 3 is 3.25 bits per heavy atom. The van der Waals surface area contributed by atoms with E-state index in [2.05, 4.69) is 4.98 Å². The van der Waals surface area contributed by atoms with Crippen molar-refractivity contribution >= 4 is 5.97 Å². The number of hydrogen-bond donors (Lipinski definition) is 0. The minimum Gasteiger partial charge on any atom is -0.462 e. The zero-order valence-electron chi connectivity index (χ0n) is 6.83. The summed E-state index contributed by atoms with van der Waals surface area (Å²) in [4.78, 5) is 15.2. The quantitative estimate of drug-likeness (QED) is 0.538. The predicted molar refractivity (Wildman–Crippen MR) is 43.0 cm³/mol. The number of rotatable bonds is 0. The lowest BCUT2D eigenvalue weighted by molar-refractivity contribution is 0.0516. The van der Waals surface area contributed by atoms with Crippen molar-refractivity contribution in [3.63, 3.8) is 0 Å². The van der Waals surface area contributed by atoms with Crippen LogP contribution in [0.4, 0.5) is 0 Å². The Hall–Kier alpha value is -1.38. The third kappa shape index (κ3) is 1.07. The van der Waals surface area contributed by atoms with Gasteiger partial charge in [-0.1, -0.05) is 0 Å². The molecule has 0 aliphatic carbocycles. The summed E-state index contributed by atoms with van der Waals surface area (Å²) in [6.07, 6.45) is 2.34. The molecule has 2 rings (SSSR count). The second kappa shape index (κ2) is 2.59. The van der Waals surface area contributed by atoms with Crippen molar-refractivity contribution in [1.29, 1.82) is 0 Å². The molecule has 3 heteroatoms. The van der Waals surface area contributed by atoms with Gasteiger partial charge in [-0.2, -0.15) is 0 Å². The summed E-state index contributed by atoms with van der Waals surface area (Å²) in [5.74, 6) is -0.263. The number of hydrogen-bond acceptors (Lipinski definition) is 3. The third-order valence-electron chi connectivity index (χ3n) is 2.03. The molecule has 12 heavy (non-hydrogen) atoms. The number of esters is 1. The molecule has 1 aliphatic heterocycles. The SMILES string of the molecule is Cc1ncc2cc1CCOC2=O. The van der Waals surface area contributed by atoms with Gasteiger partial charge in [0.1, 0.15) is 0 Å². The minimum atomic E-state index is -0.263. The zero-order valence-corrected chi connectivity index (χ0v) is 6.83. The summed E-state index contributed by atoms with van der Waals surface area (Å²) in [6.45, 7) is 2.41. The molecular formula is C9H9NO2. The molecule has 0 unspecified atom stereocenters. The second-order valence-electron chi connectivity index (χ2n) is 2.85. The van der Waals surface area contributed by atoms with Crippen LogP contribution in [-0.2, 0) is 11.2 Å². The summed E-state index contributed by atoms with van der Waals surface area (Å²) < 4.78 is 4.93. The number of ether oxygens (including phenoxy) is 1. The Labute approximate surface area is 70.4 Å². The Bertz CT molecular complexity index is 333. The Morgan fingerprint density at radius 2 is 2.42 bits per heavy atom. The van der Waals surface area contributed by atoms with Crippen LogP contribution >= 0.6 is 0 Å². The van der Waals surface area contributed by atoms with Crippen molar-refractivity contribution in [2.75, 3.05) is 6.61 Å². The van der Waals surface area contributed by atoms with Gasteiger partial charge in [0.05, 0.1) is 12.2 Å². The van der Waals surface area contributed by atoms with Gasteiger partial charge >= 0.3 is 5.97 Å². The molecule has 0 saturated carbocycles.